The number of allylic oxidation sites excluding steroid dienone is 18. The summed E-state index contributed by atoms with van der Waals surface area (Å²) in [6.07, 6.45) is 43.0. The molecule has 280 valence electrons. The Morgan fingerprint density at radius 2 is 1.51 bits per heavy atom. The number of hydrogen-bond acceptors (Lipinski definition) is 2. The van der Waals surface area contributed by atoms with Gasteiger partial charge < -0.3 is 0 Å². The summed E-state index contributed by atoms with van der Waals surface area (Å²) in [5.41, 5.74) is 15.9. The third-order valence-electron chi connectivity index (χ3n) is 13.0. The molecular formula is C55H50N2. The molecule has 0 spiro atoms. The smallest absolute Gasteiger partial charge is 0.0701 e. The highest BCUT2D eigenvalue weighted by molar-refractivity contribution is 5.90. The predicted molar refractivity (Wildman–Crippen MR) is 237 cm³/mol. The minimum Gasteiger partial charge on any atom is -0.261 e. The second kappa shape index (κ2) is 15.6. The number of nitrogens with zero attached hydrogens (tertiary/aromatic N) is 2. The molecule has 0 bridgehead atoms. The van der Waals surface area contributed by atoms with Gasteiger partial charge in [-0.1, -0.05) is 134 Å². The van der Waals surface area contributed by atoms with Crippen molar-refractivity contribution >= 4 is 16.7 Å². The number of aromatic nitrogens is 2. The van der Waals surface area contributed by atoms with Crippen LogP contribution in [0.25, 0.3) is 28.0 Å². The third-order valence-corrected chi connectivity index (χ3v) is 13.0. The van der Waals surface area contributed by atoms with Crippen LogP contribution in [0.2, 0.25) is 0 Å². The Morgan fingerprint density at radius 1 is 0.649 bits per heavy atom. The van der Waals surface area contributed by atoms with E-state index in [2.05, 4.69) is 158 Å². The fraction of sp³-hybridized carbons (Fsp3) is 0.236. The van der Waals surface area contributed by atoms with Gasteiger partial charge in [0.25, 0.3) is 0 Å². The minimum absolute atomic E-state index is 0.306. The van der Waals surface area contributed by atoms with Crippen LogP contribution in [0.5, 0.6) is 0 Å². The summed E-state index contributed by atoms with van der Waals surface area (Å²) >= 11 is 0. The van der Waals surface area contributed by atoms with Crippen LogP contribution in [0.4, 0.5) is 0 Å². The highest BCUT2D eigenvalue weighted by atomic mass is 14.7. The maximum absolute atomic E-state index is 4.71. The zero-order valence-electron chi connectivity index (χ0n) is 32.9. The standard InChI is InChI=1S/C55H50N2/c1-37-12-11-15-43(32-37)46-33-45(38-13-3-2-4-14-38)34-47(35-46)44-28-29-50-51(36-44)55(42-26-22-40(23-27-42)53-19-8-10-31-57-53)49-17-6-5-16-48(49)54(50)41-24-20-39(21-25-41)52-18-7-9-30-56-52/h2-4,7-11,13,15,17-20,22-32,34-39,45,48H,5-6,12,14,16,21,33H2,1H3/t37?,38?,39?,45?,48-/m0/s1. The van der Waals surface area contributed by atoms with E-state index in [0.717, 1.165) is 55.5 Å². The van der Waals surface area contributed by atoms with E-state index in [1.807, 2.05) is 24.5 Å². The van der Waals surface area contributed by atoms with Crippen LogP contribution in [-0.4, -0.2) is 9.97 Å². The van der Waals surface area contributed by atoms with Gasteiger partial charge in [0, 0.05) is 35.5 Å². The van der Waals surface area contributed by atoms with Gasteiger partial charge in [-0.3, -0.25) is 9.97 Å². The lowest BCUT2D eigenvalue weighted by Crippen LogP contribution is -2.38. The van der Waals surface area contributed by atoms with Crippen molar-refractivity contribution in [3.63, 3.8) is 0 Å². The van der Waals surface area contributed by atoms with Crippen molar-refractivity contribution in [3.8, 4) is 11.3 Å². The fourth-order valence-electron chi connectivity index (χ4n) is 10.1. The average Bonchev–Trinajstić information content (AvgIpc) is 3.29. The van der Waals surface area contributed by atoms with E-state index in [1.165, 1.54) is 67.0 Å². The SMILES string of the molecule is CC1C=C(C2=CC(c3ccc4c(c3)=C(c3ccc(-c5ccccn5)cc3)C3=CCCC[C@@H]3C=4C3=CCC(c4ccccn4)C=C3)=CC(C3C=CC=CC3)C2)C=CC1. The molecule has 10 rings (SSSR count). The Bertz CT molecular complexity index is 2600. The van der Waals surface area contributed by atoms with Crippen LogP contribution in [0.15, 0.2) is 193 Å². The highest BCUT2D eigenvalue weighted by Gasteiger charge is 2.32. The molecule has 0 N–H and O–H groups in total. The van der Waals surface area contributed by atoms with E-state index < -0.39 is 0 Å². The largest absolute Gasteiger partial charge is 0.261 e. The number of benzene rings is 2. The molecule has 0 amide bonds. The lowest BCUT2D eigenvalue weighted by Gasteiger charge is -2.34. The summed E-state index contributed by atoms with van der Waals surface area (Å²) in [6, 6.07) is 29.1. The van der Waals surface area contributed by atoms with Gasteiger partial charge >= 0.3 is 0 Å². The van der Waals surface area contributed by atoms with Gasteiger partial charge in [-0.2, -0.15) is 0 Å². The lowest BCUT2D eigenvalue weighted by molar-refractivity contribution is 0.471. The molecule has 0 fully saturated rings. The van der Waals surface area contributed by atoms with Crippen LogP contribution in [-0.2, 0) is 0 Å². The summed E-state index contributed by atoms with van der Waals surface area (Å²) < 4.78 is 0. The third kappa shape index (κ3) is 7.08. The Balaban J connectivity index is 1.16. The molecule has 2 nitrogen and oxygen atoms in total. The van der Waals surface area contributed by atoms with Gasteiger partial charge in [0.15, 0.2) is 0 Å². The number of fused-ring (bicyclic) bond motifs is 2. The van der Waals surface area contributed by atoms with Gasteiger partial charge in [-0.05, 0) is 154 Å². The van der Waals surface area contributed by atoms with Crippen LogP contribution in [0.3, 0.4) is 0 Å². The second-order valence-corrected chi connectivity index (χ2v) is 16.7. The molecule has 57 heavy (non-hydrogen) atoms. The van der Waals surface area contributed by atoms with E-state index in [1.54, 1.807) is 0 Å². The fourth-order valence-corrected chi connectivity index (χ4v) is 10.1. The summed E-state index contributed by atoms with van der Waals surface area (Å²) in [5.74, 6) is 2.18. The topological polar surface area (TPSA) is 25.8 Å². The number of hydrogen-bond donors (Lipinski definition) is 0. The molecule has 2 heterocycles. The molecule has 2 heteroatoms. The Labute approximate surface area is 337 Å². The summed E-state index contributed by atoms with van der Waals surface area (Å²) in [5, 5.41) is 2.73. The first-order valence-electron chi connectivity index (χ1n) is 21.2. The van der Waals surface area contributed by atoms with Crippen molar-refractivity contribution in [2.24, 2.45) is 23.7 Å². The maximum Gasteiger partial charge on any atom is 0.0701 e. The van der Waals surface area contributed by atoms with Gasteiger partial charge in [0.1, 0.15) is 0 Å². The maximum atomic E-state index is 4.71. The highest BCUT2D eigenvalue weighted by Crippen LogP contribution is 2.45. The first kappa shape index (κ1) is 35.5. The van der Waals surface area contributed by atoms with Crippen molar-refractivity contribution in [2.45, 2.75) is 57.8 Å². The van der Waals surface area contributed by atoms with E-state index in [-0.39, 0.29) is 0 Å². The first-order valence-corrected chi connectivity index (χ1v) is 21.2. The molecular weight excluding hydrogens is 689 g/mol. The molecule has 6 aliphatic carbocycles. The summed E-state index contributed by atoms with van der Waals surface area (Å²) in [4.78, 5) is 9.37. The quantitative estimate of drug-likeness (QED) is 0.189. The van der Waals surface area contributed by atoms with Crippen molar-refractivity contribution < 1.29 is 0 Å². The Morgan fingerprint density at radius 3 is 2.28 bits per heavy atom. The molecule has 4 aromatic rings. The Hall–Kier alpha value is -5.86. The lowest BCUT2D eigenvalue weighted by atomic mass is 9.69. The van der Waals surface area contributed by atoms with Crippen LogP contribution in [0, 0.1) is 23.7 Å². The molecule has 0 aliphatic heterocycles. The zero-order chi connectivity index (χ0) is 38.1. The van der Waals surface area contributed by atoms with Gasteiger partial charge in [-0.15, -0.1) is 0 Å². The molecule has 0 radical (unpaired) electrons. The molecule has 6 aliphatic rings. The minimum atomic E-state index is 0.306. The summed E-state index contributed by atoms with van der Waals surface area (Å²) in [7, 11) is 0. The Kier molecular flexibility index (Phi) is 9.72. The zero-order valence-corrected chi connectivity index (χ0v) is 32.9. The average molecular weight is 739 g/mol. The normalized spacial score (nSPS) is 25.1. The first-order chi connectivity index (χ1) is 28.2. The second-order valence-electron chi connectivity index (χ2n) is 16.7. The van der Waals surface area contributed by atoms with Crippen molar-refractivity contribution in [1.29, 1.82) is 0 Å². The van der Waals surface area contributed by atoms with Gasteiger partial charge in [0.2, 0.25) is 0 Å². The molecule has 0 saturated heterocycles. The van der Waals surface area contributed by atoms with Crippen molar-refractivity contribution in [1.82, 2.24) is 9.97 Å². The van der Waals surface area contributed by atoms with E-state index in [4.69, 9.17) is 4.98 Å². The predicted octanol–water partition coefficient (Wildman–Crippen LogP) is 11.9. The van der Waals surface area contributed by atoms with E-state index in [0.29, 0.717) is 29.6 Å². The van der Waals surface area contributed by atoms with Crippen LogP contribution < -0.4 is 10.4 Å². The summed E-state index contributed by atoms with van der Waals surface area (Å²) in [6.45, 7) is 2.34. The molecule has 4 unspecified atom stereocenters. The monoisotopic (exact) mass is 738 g/mol. The molecule has 5 atom stereocenters. The van der Waals surface area contributed by atoms with E-state index >= 15 is 0 Å². The van der Waals surface area contributed by atoms with Gasteiger partial charge in [-0.25, -0.2) is 0 Å². The molecule has 2 aromatic carbocycles. The molecule has 2 aromatic heterocycles. The van der Waals surface area contributed by atoms with Crippen LogP contribution in [0.1, 0.15) is 74.6 Å². The van der Waals surface area contributed by atoms with Crippen LogP contribution >= 0.6 is 0 Å². The van der Waals surface area contributed by atoms with Gasteiger partial charge in [0.05, 0.1) is 5.69 Å². The molecule has 0 saturated carbocycles. The van der Waals surface area contributed by atoms with Crippen molar-refractivity contribution in [2.75, 3.05) is 0 Å². The number of pyridine rings is 2. The van der Waals surface area contributed by atoms with E-state index in [9.17, 15) is 0 Å². The number of rotatable bonds is 7. The van der Waals surface area contributed by atoms with Crippen molar-refractivity contribution in [3.05, 3.63) is 220 Å².